The summed E-state index contributed by atoms with van der Waals surface area (Å²) >= 11 is 1.51. The first-order chi connectivity index (χ1) is 16.8. The van der Waals surface area contributed by atoms with E-state index in [0.717, 1.165) is 27.4 Å². The predicted molar refractivity (Wildman–Crippen MR) is 134 cm³/mol. The lowest BCUT2D eigenvalue weighted by Crippen LogP contribution is -2.56. The number of amides is 3. The molecule has 1 aromatic heterocycles. The largest absolute Gasteiger partial charge is 0.482 e. The summed E-state index contributed by atoms with van der Waals surface area (Å²) in [5, 5.41) is 3.78. The average Bonchev–Trinajstić information content (AvgIpc) is 3.22. The summed E-state index contributed by atoms with van der Waals surface area (Å²) in [7, 11) is 1.63. The molecule has 5 rings (SSSR count). The van der Waals surface area contributed by atoms with E-state index in [1.165, 1.54) is 16.2 Å². The van der Waals surface area contributed by atoms with Gasteiger partial charge < -0.3 is 19.9 Å². The number of ether oxygens (including phenoxy) is 1. The van der Waals surface area contributed by atoms with Crippen molar-refractivity contribution in [2.75, 3.05) is 31.6 Å². The van der Waals surface area contributed by atoms with Crippen LogP contribution in [0.3, 0.4) is 0 Å². The van der Waals surface area contributed by atoms with E-state index >= 15 is 0 Å². The highest BCUT2D eigenvalue weighted by molar-refractivity contribution is 7.15. The number of aromatic nitrogens is 1. The lowest BCUT2D eigenvalue weighted by Gasteiger charge is -2.41. The molecule has 8 nitrogen and oxygen atoms in total. The minimum absolute atomic E-state index is 0.0473. The van der Waals surface area contributed by atoms with Gasteiger partial charge in [0.15, 0.2) is 6.61 Å². The number of nitrogens with zero attached hydrogens (tertiary/aromatic N) is 3. The van der Waals surface area contributed by atoms with Crippen LogP contribution in [0.25, 0.3) is 10.4 Å². The van der Waals surface area contributed by atoms with E-state index in [-0.39, 0.29) is 30.4 Å². The first kappa shape index (κ1) is 23.0. The summed E-state index contributed by atoms with van der Waals surface area (Å²) in [6.07, 6.45) is 0.795. The fraction of sp³-hybridized carbons (Fsp3) is 0.308. The number of rotatable bonds is 5. The number of fused-ring (bicyclic) bond motifs is 1. The Hall–Kier alpha value is -3.72. The van der Waals surface area contributed by atoms with Gasteiger partial charge in [-0.3, -0.25) is 14.4 Å². The van der Waals surface area contributed by atoms with Gasteiger partial charge in [-0.05, 0) is 38.0 Å². The number of aryl methyl sites for hydroxylation is 2. The molecule has 1 fully saturated rings. The Morgan fingerprint density at radius 2 is 2.00 bits per heavy atom. The number of hydrogen-bond donors (Lipinski definition) is 1. The molecule has 0 radical (unpaired) electrons. The molecule has 1 N–H and O–H groups in total. The number of likely N-dealkylation sites (N-methyl/N-ethyl adjacent to an activating group) is 1. The Bertz CT molecular complexity index is 1330. The molecule has 3 aromatic rings. The maximum absolute atomic E-state index is 13.4. The zero-order valence-electron chi connectivity index (χ0n) is 19.8. The molecule has 35 heavy (non-hydrogen) atoms. The number of hydrogen-bond acceptors (Lipinski definition) is 6. The van der Waals surface area contributed by atoms with Crippen LogP contribution in [0.15, 0.2) is 42.5 Å². The van der Waals surface area contributed by atoms with Crippen molar-refractivity contribution in [2.45, 2.75) is 26.3 Å². The Labute approximate surface area is 207 Å². The third-order valence-electron chi connectivity index (χ3n) is 6.42. The van der Waals surface area contributed by atoms with Gasteiger partial charge in [0, 0.05) is 20.1 Å². The number of benzene rings is 2. The maximum atomic E-state index is 13.4. The van der Waals surface area contributed by atoms with E-state index in [1.54, 1.807) is 30.1 Å². The van der Waals surface area contributed by atoms with Gasteiger partial charge in [-0.15, -0.1) is 11.3 Å². The van der Waals surface area contributed by atoms with E-state index in [1.807, 2.05) is 32.0 Å². The second kappa shape index (κ2) is 9.14. The van der Waals surface area contributed by atoms with Gasteiger partial charge >= 0.3 is 0 Å². The SMILES string of the molecule is Cc1cccc(-c2sc(C)nc2C(=O)N2CCC2CNC(=O)c2cccc3c2N(C)C(=O)CO3)c1. The van der Waals surface area contributed by atoms with Crippen LogP contribution in [0.2, 0.25) is 0 Å². The number of carbonyl (C=O) groups excluding carboxylic acids is 3. The summed E-state index contributed by atoms with van der Waals surface area (Å²) in [5.74, 6) is -0.136. The minimum Gasteiger partial charge on any atom is -0.482 e. The summed E-state index contributed by atoms with van der Waals surface area (Å²) in [6, 6.07) is 13.1. The van der Waals surface area contributed by atoms with Crippen LogP contribution in [-0.2, 0) is 4.79 Å². The molecule has 2 aromatic carbocycles. The van der Waals surface area contributed by atoms with Crippen molar-refractivity contribution < 1.29 is 19.1 Å². The molecular weight excluding hydrogens is 464 g/mol. The zero-order chi connectivity index (χ0) is 24.7. The fourth-order valence-electron chi connectivity index (χ4n) is 4.45. The van der Waals surface area contributed by atoms with Gasteiger partial charge in [0.1, 0.15) is 11.4 Å². The van der Waals surface area contributed by atoms with E-state index < -0.39 is 0 Å². The topological polar surface area (TPSA) is 91.8 Å². The van der Waals surface area contributed by atoms with Gasteiger partial charge in [-0.2, -0.15) is 0 Å². The Balaban J connectivity index is 1.30. The molecule has 3 heterocycles. The standard InChI is InChI=1S/C26H26N4O4S/c1-15-6-4-7-17(12-15)24-22(28-16(2)35-24)26(33)30-11-10-18(30)13-27-25(32)19-8-5-9-20-23(19)29(3)21(31)14-34-20/h4-9,12,18H,10-11,13-14H2,1-3H3,(H,27,32). The highest BCUT2D eigenvalue weighted by Crippen LogP contribution is 2.35. The van der Waals surface area contributed by atoms with Crippen LogP contribution in [0.1, 0.15) is 37.8 Å². The number of para-hydroxylation sites is 1. The number of likely N-dealkylation sites (tertiary alicyclic amines) is 1. The van der Waals surface area contributed by atoms with Crippen molar-refractivity contribution in [3.05, 3.63) is 64.3 Å². The molecule has 1 unspecified atom stereocenters. The molecule has 0 saturated carbocycles. The lowest BCUT2D eigenvalue weighted by atomic mass is 10.0. The molecule has 0 bridgehead atoms. The predicted octanol–water partition coefficient (Wildman–Crippen LogP) is 3.43. The van der Waals surface area contributed by atoms with Crippen LogP contribution in [-0.4, -0.2) is 60.4 Å². The third kappa shape index (κ3) is 4.27. The number of carbonyl (C=O) groups is 3. The van der Waals surface area contributed by atoms with Gasteiger partial charge in [0.05, 0.1) is 27.2 Å². The zero-order valence-corrected chi connectivity index (χ0v) is 20.6. The van der Waals surface area contributed by atoms with E-state index in [9.17, 15) is 14.4 Å². The van der Waals surface area contributed by atoms with Gasteiger partial charge in [0.2, 0.25) is 0 Å². The number of thiazole rings is 1. The minimum atomic E-state index is -0.309. The summed E-state index contributed by atoms with van der Waals surface area (Å²) in [4.78, 5) is 47.1. The normalized spacial score (nSPS) is 16.9. The first-order valence-electron chi connectivity index (χ1n) is 11.5. The second-order valence-corrected chi connectivity index (χ2v) is 10.0. The van der Waals surface area contributed by atoms with Crippen LogP contribution in [0.4, 0.5) is 5.69 Å². The quantitative estimate of drug-likeness (QED) is 0.592. The second-order valence-electron chi connectivity index (χ2n) is 8.82. The van der Waals surface area contributed by atoms with Crippen molar-refractivity contribution in [1.29, 1.82) is 0 Å². The van der Waals surface area contributed by atoms with Crippen LogP contribution < -0.4 is 15.0 Å². The van der Waals surface area contributed by atoms with Crippen LogP contribution in [0, 0.1) is 13.8 Å². The van der Waals surface area contributed by atoms with Crippen molar-refractivity contribution in [1.82, 2.24) is 15.2 Å². The molecular formula is C26H26N4O4S. The molecule has 0 spiro atoms. The van der Waals surface area contributed by atoms with Crippen molar-refractivity contribution in [3.8, 4) is 16.2 Å². The summed E-state index contributed by atoms with van der Waals surface area (Å²) in [5.41, 5.74) is 3.40. The summed E-state index contributed by atoms with van der Waals surface area (Å²) in [6.45, 7) is 4.82. The molecule has 180 valence electrons. The number of anilines is 1. The first-order valence-corrected chi connectivity index (χ1v) is 12.3. The van der Waals surface area contributed by atoms with Crippen molar-refractivity contribution >= 4 is 34.7 Å². The monoisotopic (exact) mass is 490 g/mol. The highest BCUT2D eigenvalue weighted by Gasteiger charge is 2.36. The van der Waals surface area contributed by atoms with Gasteiger partial charge in [0.25, 0.3) is 17.7 Å². The molecule has 2 aliphatic rings. The van der Waals surface area contributed by atoms with Crippen LogP contribution in [0.5, 0.6) is 5.75 Å². The number of nitrogens with one attached hydrogen (secondary N) is 1. The van der Waals surface area contributed by atoms with Gasteiger partial charge in [-0.25, -0.2) is 4.98 Å². The smallest absolute Gasteiger partial charge is 0.274 e. The van der Waals surface area contributed by atoms with E-state index in [2.05, 4.69) is 16.4 Å². The Morgan fingerprint density at radius 1 is 1.20 bits per heavy atom. The molecule has 0 aliphatic carbocycles. The maximum Gasteiger partial charge on any atom is 0.274 e. The van der Waals surface area contributed by atoms with Crippen molar-refractivity contribution in [3.63, 3.8) is 0 Å². The lowest BCUT2D eigenvalue weighted by molar-refractivity contribution is -0.120. The molecule has 1 atom stereocenters. The Kier molecular flexibility index (Phi) is 6.02. The average molecular weight is 491 g/mol. The van der Waals surface area contributed by atoms with Crippen LogP contribution >= 0.6 is 11.3 Å². The molecule has 1 saturated heterocycles. The highest BCUT2D eigenvalue weighted by atomic mass is 32.1. The fourth-order valence-corrected chi connectivity index (χ4v) is 5.35. The molecule has 2 aliphatic heterocycles. The molecule has 9 heteroatoms. The van der Waals surface area contributed by atoms with E-state index in [0.29, 0.717) is 35.8 Å². The Morgan fingerprint density at radius 3 is 2.74 bits per heavy atom. The third-order valence-corrected chi connectivity index (χ3v) is 7.44. The van der Waals surface area contributed by atoms with Crippen molar-refractivity contribution in [2.24, 2.45) is 0 Å². The van der Waals surface area contributed by atoms with E-state index in [4.69, 9.17) is 4.74 Å². The van der Waals surface area contributed by atoms with Gasteiger partial charge in [-0.1, -0.05) is 35.9 Å². The summed E-state index contributed by atoms with van der Waals surface area (Å²) < 4.78 is 5.48. The molecule has 3 amide bonds.